The van der Waals surface area contributed by atoms with Gasteiger partial charge in [0.2, 0.25) is 11.1 Å². The van der Waals surface area contributed by atoms with E-state index < -0.39 is 17.6 Å². The molecule has 2 heterocycles. The van der Waals surface area contributed by atoms with E-state index in [-0.39, 0.29) is 17.1 Å². The van der Waals surface area contributed by atoms with Crippen LogP contribution in [0.4, 0.5) is 18.9 Å². The maximum Gasteiger partial charge on any atom is 0.416 e. The highest BCUT2D eigenvalue weighted by Crippen LogP contribution is 2.33. The third-order valence-electron chi connectivity index (χ3n) is 3.17. The number of aromatic nitrogens is 6. The van der Waals surface area contributed by atoms with Gasteiger partial charge in [-0.25, -0.2) is 14.6 Å². The lowest BCUT2D eigenvalue weighted by Gasteiger charge is -2.14. The number of alkyl halides is 3. The molecule has 0 fully saturated rings. The molecule has 0 aliphatic rings. The van der Waals surface area contributed by atoms with Gasteiger partial charge in [0, 0.05) is 0 Å². The van der Waals surface area contributed by atoms with Gasteiger partial charge in [0.05, 0.1) is 22.7 Å². The van der Waals surface area contributed by atoms with Gasteiger partial charge >= 0.3 is 6.18 Å². The smallest absolute Gasteiger partial charge is 0.323 e. The lowest BCUT2D eigenvalue weighted by atomic mass is 10.1. The van der Waals surface area contributed by atoms with Gasteiger partial charge in [-0.2, -0.15) is 18.3 Å². The van der Waals surface area contributed by atoms with Crippen molar-refractivity contribution in [2.45, 2.75) is 18.3 Å². The van der Waals surface area contributed by atoms with E-state index in [9.17, 15) is 18.0 Å². The Morgan fingerprint density at radius 1 is 1.38 bits per heavy atom. The summed E-state index contributed by atoms with van der Waals surface area (Å²) < 4.78 is 40.2. The molecule has 0 atom stereocenters. The molecule has 136 valence electrons. The zero-order valence-corrected chi connectivity index (χ0v) is 14.1. The summed E-state index contributed by atoms with van der Waals surface area (Å²) in [4.78, 5) is 20.0. The Balaban J connectivity index is 1.80. The first-order valence-corrected chi connectivity index (χ1v) is 8.19. The van der Waals surface area contributed by atoms with Gasteiger partial charge in [0.1, 0.15) is 18.5 Å². The van der Waals surface area contributed by atoms with E-state index >= 15 is 0 Å². The van der Waals surface area contributed by atoms with Crippen molar-refractivity contribution in [2.24, 2.45) is 0 Å². The number of carbonyl (C=O) groups excluding carboxylic acids is 1. The minimum absolute atomic E-state index is 0.0258. The molecule has 8 nitrogen and oxygen atoms in total. The summed E-state index contributed by atoms with van der Waals surface area (Å²) in [6.07, 6.45) is -1.97. The van der Waals surface area contributed by atoms with Crippen molar-refractivity contribution in [1.82, 2.24) is 29.9 Å². The second kappa shape index (κ2) is 7.15. The first kappa shape index (κ1) is 17.9. The highest BCUT2D eigenvalue weighted by atomic mass is 32.2. The number of benzene rings is 1. The number of hydrogen-bond donors (Lipinski definition) is 2. The quantitative estimate of drug-likeness (QED) is 0.657. The Labute approximate surface area is 149 Å². The number of anilines is 1. The molecule has 0 bridgehead atoms. The number of aryl methyl sites for hydroxylation is 1. The van der Waals surface area contributed by atoms with E-state index in [2.05, 4.69) is 30.6 Å². The van der Waals surface area contributed by atoms with Crippen molar-refractivity contribution in [3.05, 3.63) is 42.2 Å². The van der Waals surface area contributed by atoms with Crippen LogP contribution in [0.3, 0.4) is 0 Å². The van der Waals surface area contributed by atoms with Gasteiger partial charge in [-0.15, -0.1) is 5.10 Å². The fourth-order valence-corrected chi connectivity index (χ4v) is 2.69. The number of thioether (sulfide) groups is 1. The van der Waals surface area contributed by atoms with E-state index in [1.54, 1.807) is 6.92 Å². The number of hydrogen-bond acceptors (Lipinski definition) is 6. The van der Waals surface area contributed by atoms with Gasteiger partial charge in [0.15, 0.2) is 0 Å². The average Bonchev–Trinajstić information content (AvgIpc) is 3.24. The zero-order chi connectivity index (χ0) is 18.7. The molecule has 2 aromatic heterocycles. The van der Waals surface area contributed by atoms with Gasteiger partial charge in [-0.1, -0.05) is 11.8 Å². The number of nitrogens with zero attached hydrogens (tertiary/aromatic N) is 5. The molecule has 0 saturated heterocycles. The molecule has 0 aliphatic carbocycles. The minimum Gasteiger partial charge on any atom is -0.323 e. The van der Waals surface area contributed by atoms with Crippen molar-refractivity contribution < 1.29 is 18.0 Å². The lowest BCUT2D eigenvalue weighted by Crippen LogP contribution is -2.17. The number of H-pyrrole nitrogens is 1. The second-order valence-electron chi connectivity index (χ2n) is 5.11. The number of amides is 1. The molecule has 0 unspecified atom stereocenters. The molecule has 2 N–H and O–H groups in total. The highest BCUT2D eigenvalue weighted by Gasteiger charge is 2.31. The number of nitrogens with one attached hydrogen (secondary N) is 2. The molecule has 3 aromatic rings. The SMILES string of the molecule is Cc1nc(SCC(=O)Nc2cc(C(F)(F)F)ccc2-n2cncn2)n[nH]1. The Morgan fingerprint density at radius 2 is 2.19 bits per heavy atom. The molecule has 1 aromatic carbocycles. The van der Waals surface area contributed by atoms with E-state index in [4.69, 9.17) is 0 Å². The van der Waals surface area contributed by atoms with E-state index in [0.717, 1.165) is 23.9 Å². The molecular formula is C14H12F3N7OS. The molecule has 3 rings (SSSR count). The summed E-state index contributed by atoms with van der Waals surface area (Å²) in [5.41, 5.74) is -0.640. The Bertz CT molecular complexity index is 908. The van der Waals surface area contributed by atoms with Crippen LogP contribution in [-0.2, 0) is 11.0 Å². The zero-order valence-electron chi connectivity index (χ0n) is 13.3. The van der Waals surface area contributed by atoms with Crippen LogP contribution in [0, 0.1) is 6.92 Å². The molecule has 0 aliphatic heterocycles. The van der Waals surface area contributed by atoms with Gasteiger partial charge in [0.25, 0.3) is 0 Å². The van der Waals surface area contributed by atoms with Crippen molar-refractivity contribution in [3.8, 4) is 5.69 Å². The van der Waals surface area contributed by atoms with E-state index in [1.807, 2.05) is 0 Å². The predicted molar refractivity (Wildman–Crippen MR) is 86.8 cm³/mol. The fraction of sp³-hybridized carbons (Fsp3) is 0.214. The summed E-state index contributed by atoms with van der Waals surface area (Å²) in [6.45, 7) is 1.71. The van der Waals surface area contributed by atoms with Crippen LogP contribution >= 0.6 is 11.8 Å². The Hall–Kier alpha value is -2.89. The summed E-state index contributed by atoms with van der Waals surface area (Å²) in [5, 5.41) is 13.2. The number of aromatic amines is 1. The van der Waals surface area contributed by atoms with Gasteiger partial charge < -0.3 is 5.32 Å². The van der Waals surface area contributed by atoms with E-state index in [1.165, 1.54) is 23.4 Å². The first-order valence-electron chi connectivity index (χ1n) is 7.21. The second-order valence-corrected chi connectivity index (χ2v) is 6.05. The number of rotatable bonds is 5. The molecule has 0 radical (unpaired) electrons. The Kier molecular flexibility index (Phi) is 4.93. The predicted octanol–water partition coefficient (Wildman–Crippen LogP) is 2.44. The average molecular weight is 383 g/mol. The molecule has 0 saturated carbocycles. The van der Waals surface area contributed by atoms with Crippen LogP contribution < -0.4 is 5.32 Å². The normalized spacial score (nSPS) is 11.5. The van der Waals surface area contributed by atoms with Crippen LogP contribution in [0.5, 0.6) is 0 Å². The van der Waals surface area contributed by atoms with Crippen molar-refractivity contribution in [1.29, 1.82) is 0 Å². The van der Waals surface area contributed by atoms with Crippen LogP contribution in [-0.4, -0.2) is 41.6 Å². The highest BCUT2D eigenvalue weighted by molar-refractivity contribution is 7.99. The van der Waals surface area contributed by atoms with Crippen LogP contribution in [0.25, 0.3) is 5.69 Å². The van der Waals surface area contributed by atoms with Crippen molar-refractivity contribution >= 4 is 23.4 Å². The van der Waals surface area contributed by atoms with Crippen molar-refractivity contribution in [3.63, 3.8) is 0 Å². The lowest BCUT2D eigenvalue weighted by molar-refractivity contribution is -0.137. The van der Waals surface area contributed by atoms with Gasteiger partial charge in [-0.3, -0.25) is 9.89 Å². The van der Waals surface area contributed by atoms with Crippen LogP contribution in [0.15, 0.2) is 36.0 Å². The monoisotopic (exact) mass is 383 g/mol. The molecule has 26 heavy (non-hydrogen) atoms. The summed E-state index contributed by atoms with van der Waals surface area (Å²) in [6, 6.07) is 2.99. The summed E-state index contributed by atoms with van der Waals surface area (Å²) >= 11 is 1.06. The van der Waals surface area contributed by atoms with E-state index in [0.29, 0.717) is 11.0 Å². The maximum atomic E-state index is 13.0. The van der Waals surface area contributed by atoms with Crippen LogP contribution in [0.1, 0.15) is 11.4 Å². The summed E-state index contributed by atoms with van der Waals surface area (Å²) in [7, 11) is 0. The number of carbonyl (C=O) groups is 1. The maximum absolute atomic E-state index is 13.0. The van der Waals surface area contributed by atoms with Gasteiger partial charge in [-0.05, 0) is 25.1 Å². The molecule has 12 heteroatoms. The Morgan fingerprint density at radius 3 is 2.81 bits per heavy atom. The summed E-state index contributed by atoms with van der Waals surface area (Å²) in [5.74, 6) is 0.0297. The standard InChI is InChI=1S/C14H12F3N7OS/c1-8-20-13(23-22-8)26-5-12(25)21-10-4-9(14(15,16)17)2-3-11(10)24-7-18-6-19-24/h2-4,6-7H,5H2,1H3,(H,21,25)(H,20,22,23). The number of halogens is 3. The molecule has 0 spiro atoms. The molecule has 1 amide bonds. The van der Waals surface area contributed by atoms with Crippen LogP contribution in [0.2, 0.25) is 0 Å². The fourth-order valence-electron chi connectivity index (χ4n) is 2.05. The first-order chi connectivity index (χ1) is 12.3. The topological polar surface area (TPSA) is 101 Å². The third-order valence-corrected chi connectivity index (χ3v) is 4.02. The third kappa shape index (κ3) is 4.20. The molecular weight excluding hydrogens is 371 g/mol. The minimum atomic E-state index is -4.54. The van der Waals surface area contributed by atoms with Crippen molar-refractivity contribution in [2.75, 3.05) is 11.1 Å². The largest absolute Gasteiger partial charge is 0.416 e.